The Labute approximate surface area is 314 Å². The Kier molecular flexibility index (Phi) is 8.86. The molecule has 0 aliphatic heterocycles. The molecule has 5 heteroatoms. The van der Waals surface area contributed by atoms with E-state index in [1.165, 1.54) is 0 Å². The number of aromatic nitrogens is 5. The minimum Gasteiger partial charge on any atom is -0.264 e. The zero-order valence-electron chi connectivity index (χ0n) is 29.3. The normalized spacial score (nSPS) is 11.0. The highest BCUT2D eigenvalue weighted by molar-refractivity contribution is 5.85. The molecular weight excluding hydrogens is 659 g/mol. The van der Waals surface area contributed by atoms with Crippen LogP contribution in [0.25, 0.3) is 89.5 Å². The van der Waals surface area contributed by atoms with E-state index in [4.69, 9.17) is 9.97 Å². The summed E-state index contributed by atoms with van der Waals surface area (Å²) in [5, 5.41) is 0. The van der Waals surface area contributed by atoms with Gasteiger partial charge < -0.3 is 0 Å². The number of hydrogen-bond acceptors (Lipinski definition) is 5. The van der Waals surface area contributed by atoms with Crippen LogP contribution in [0.5, 0.6) is 0 Å². The second-order valence-corrected chi connectivity index (χ2v) is 13.1. The molecule has 0 radical (unpaired) electrons. The standard InChI is InChI=1S/C49H33N5/c1-3-23-51-46(16-1)48-20-18-41(32-53-48)35-10-6-13-38(26-35)44-28-43(37-12-5-9-34(25-37)40-15-8-22-50-31-40)29-45(30-44)39-14-7-11-36(27-39)42-19-21-49(54-33-42)47-17-2-4-24-52-47/h1-33H. The lowest BCUT2D eigenvalue weighted by Gasteiger charge is -2.14. The molecule has 0 aliphatic rings. The van der Waals surface area contributed by atoms with Crippen LogP contribution >= 0.6 is 0 Å². The summed E-state index contributed by atoms with van der Waals surface area (Å²) >= 11 is 0. The molecular formula is C49H33N5. The van der Waals surface area contributed by atoms with Crippen LogP contribution in [-0.4, -0.2) is 24.9 Å². The van der Waals surface area contributed by atoms with Crippen molar-refractivity contribution in [3.63, 3.8) is 0 Å². The third-order valence-electron chi connectivity index (χ3n) is 9.56. The van der Waals surface area contributed by atoms with Gasteiger partial charge in [-0.15, -0.1) is 0 Å². The molecule has 254 valence electrons. The summed E-state index contributed by atoms with van der Waals surface area (Å²) in [6, 6.07) is 57.0. The van der Waals surface area contributed by atoms with Gasteiger partial charge in [0, 0.05) is 53.9 Å². The second-order valence-electron chi connectivity index (χ2n) is 13.1. The molecule has 54 heavy (non-hydrogen) atoms. The van der Waals surface area contributed by atoms with Crippen LogP contribution in [0.1, 0.15) is 0 Å². The van der Waals surface area contributed by atoms with Crippen molar-refractivity contribution in [3.05, 3.63) is 201 Å². The van der Waals surface area contributed by atoms with Gasteiger partial charge in [-0.05, 0) is 129 Å². The zero-order chi connectivity index (χ0) is 36.1. The van der Waals surface area contributed by atoms with Crippen molar-refractivity contribution in [2.24, 2.45) is 0 Å². The first-order chi connectivity index (χ1) is 26.7. The molecule has 0 bridgehead atoms. The first-order valence-electron chi connectivity index (χ1n) is 17.9. The molecule has 0 atom stereocenters. The molecule has 4 aromatic carbocycles. The summed E-state index contributed by atoms with van der Waals surface area (Å²) in [5.41, 5.74) is 16.7. The van der Waals surface area contributed by atoms with E-state index in [9.17, 15) is 0 Å². The Bertz CT molecular complexity index is 2530. The van der Waals surface area contributed by atoms with Gasteiger partial charge in [-0.3, -0.25) is 24.9 Å². The highest BCUT2D eigenvalue weighted by Gasteiger charge is 2.12. The van der Waals surface area contributed by atoms with Gasteiger partial charge in [-0.2, -0.15) is 0 Å². The monoisotopic (exact) mass is 691 g/mol. The van der Waals surface area contributed by atoms with E-state index in [-0.39, 0.29) is 0 Å². The van der Waals surface area contributed by atoms with Crippen molar-refractivity contribution in [1.29, 1.82) is 0 Å². The second kappa shape index (κ2) is 14.7. The van der Waals surface area contributed by atoms with Gasteiger partial charge >= 0.3 is 0 Å². The van der Waals surface area contributed by atoms with Gasteiger partial charge in [-0.25, -0.2) is 0 Å². The first kappa shape index (κ1) is 32.5. The van der Waals surface area contributed by atoms with Gasteiger partial charge in [-0.1, -0.05) is 84.9 Å². The summed E-state index contributed by atoms with van der Waals surface area (Å²) in [6.45, 7) is 0. The van der Waals surface area contributed by atoms with Gasteiger partial charge in [0.1, 0.15) is 0 Å². The number of rotatable bonds is 8. The summed E-state index contributed by atoms with van der Waals surface area (Å²) in [4.78, 5) is 22.8. The van der Waals surface area contributed by atoms with Crippen LogP contribution in [0.3, 0.4) is 0 Å². The average molecular weight is 692 g/mol. The Balaban J connectivity index is 1.11. The molecule has 0 saturated carbocycles. The molecule has 5 nitrogen and oxygen atoms in total. The first-order valence-corrected chi connectivity index (χ1v) is 17.9. The van der Waals surface area contributed by atoms with Gasteiger partial charge in [0.25, 0.3) is 0 Å². The molecule has 0 amide bonds. The third-order valence-corrected chi connectivity index (χ3v) is 9.56. The minimum absolute atomic E-state index is 0.850. The Morgan fingerprint density at radius 1 is 0.222 bits per heavy atom. The van der Waals surface area contributed by atoms with Crippen molar-refractivity contribution < 1.29 is 0 Å². The lowest BCUT2D eigenvalue weighted by molar-refractivity contribution is 1.25. The largest absolute Gasteiger partial charge is 0.264 e. The predicted molar refractivity (Wildman–Crippen MR) is 219 cm³/mol. The highest BCUT2D eigenvalue weighted by atomic mass is 14.8. The maximum absolute atomic E-state index is 4.75. The number of nitrogens with zero attached hydrogens (tertiary/aromatic N) is 5. The van der Waals surface area contributed by atoms with E-state index in [0.717, 1.165) is 89.5 Å². The molecule has 0 fully saturated rings. The topological polar surface area (TPSA) is 64.5 Å². The van der Waals surface area contributed by atoms with E-state index in [1.54, 1.807) is 18.6 Å². The summed E-state index contributed by atoms with van der Waals surface area (Å²) in [7, 11) is 0. The van der Waals surface area contributed by atoms with Crippen molar-refractivity contribution in [2.75, 3.05) is 0 Å². The maximum Gasteiger partial charge on any atom is 0.0886 e. The third kappa shape index (κ3) is 6.94. The average Bonchev–Trinajstić information content (AvgIpc) is 3.27. The smallest absolute Gasteiger partial charge is 0.0886 e. The molecule has 9 rings (SSSR count). The fourth-order valence-electron chi connectivity index (χ4n) is 6.76. The SMILES string of the molecule is c1ccc(-c2ccc(-c3cccc(-c4cc(-c5cccc(-c6cccnc6)c5)cc(-c5cccc(-c6ccc(-c7ccccn7)nc6)c5)c4)c3)cn2)nc1. The zero-order valence-corrected chi connectivity index (χ0v) is 29.3. The van der Waals surface area contributed by atoms with Gasteiger partial charge in [0.15, 0.2) is 0 Å². The number of benzene rings is 4. The highest BCUT2D eigenvalue weighted by Crippen LogP contribution is 2.37. The summed E-state index contributed by atoms with van der Waals surface area (Å²) in [5.74, 6) is 0. The minimum atomic E-state index is 0.850. The number of pyridine rings is 5. The Morgan fingerprint density at radius 2 is 0.593 bits per heavy atom. The molecule has 0 N–H and O–H groups in total. The van der Waals surface area contributed by atoms with Crippen LogP contribution < -0.4 is 0 Å². The summed E-state index contributed by atoms with van der Waals surface area (Å²) in [6.07, 6.45) is 11.2. The Hall–Kier alpha value is -7.37. The quantitative estimate of drug-likeness (QED) is 0.159. The predicted octanol–water partition coefficient (Wildman–Crippen LogP) is 12.0. The lowest BCUT2D eigenvalue weighted by Crippen LogP contribution is -1.90. The maximum atomic E-state index is 4.75. The van der Waals surface area contributed by atoms with Crippen LogP contribution in [0.4, 0.5) is 0 Å². The lowest BCUT2D eigenvalue weighted by atomic mass is 9.90. The van der Waals surface area contributed by atoms with E-state index in [0.29, 0.717) is 0 Å². The molecule has 0 spiro atoms. The summed E-state index contributed by atoms with van der Waals surface area (Å²) < 4.78 is 0. The molecule has 5 heterocycles. The van der Waals surface area contributed by atoms with Gasteiger partial charge in [0.05, 0.1) is 22.8 Å². The number of hydrogen-bond donors (Lipinski definition) is 0. The molecule has 0 unspecified atom stereocenters. The molecule has 5 aromatic heterocycles. The van der Waals surface area contributed by atoms with Crippen LogP contribution in [-0.2, 0) is 0 Å². The van der Waals surface area contributed by atoms with Crippen LogP contribution in [0.15, 0.2) is 201 Å². The molecule has 0 aliphatic carbocycles. The van der Waals surface area contributed by atoms with E-state index in [2.05, 4.69) is 124 Å². The van der Waals surface area contributed by atoms with Crippen LogP contribution in [0, 0.1) is 0 Å². The fourth-order valence-corrected chi connectivity index (χ4v) is 6.76. The molecule has 9 aromatic rings. The van der Waals surface area contributed by atoms with E-state index in [1.807, 2.05) is 73.2 Å². The van der Waals surface area contributed by atoms with E-state index < -0.39 is 0 Å². The van der Waals surface area contributed by atoms with Crippen molar-refractivity contribution >= 4 is 0 Å². The fraction of sp³-hybridized carbons (Fsp3) is 0. The van der Waals surface area contributed by atoms with Crippen molar-refractivity contribution in [2.45, 2.75) is 0 Å². The van der Waals surface area contributed by atoms with Crippen LogP contribution in [0.2, 0.25) is 0 Å². The van der Waals surface area contributed by atoms with Crippen molar-refractivity contribution in [1.82, 2.24) is 24.9 Å². The molecule has 0 saturated heterocycles. The Morgan fingerprint density at radius 3 is 0.944 bits per heavy atom. The van der Waals surface area contributed by atoms with Crippen molar-refractivity contribution in [3.8, 4) is 89.5 Å². The van der Waals surface area contributed by atoms with E-state index >= 15 is 0 Å². The van der Waals surface area contributed by atoms with Gasteiger partial charge in [0.2, 0.25) is 0 Å².